The second-order valence-electron chi connectivity index (χ2n) is 4.64. The Labute approximate surface area is 112 Å². The maximum absolute atomic E-state index is 9.82. The van der Waals surface area contributed by atoms with Gasteiger partial charge in [0.1, 0.15) is 17.6 Å². The average molecular weight is 276 g/mol. The normalized spacial score (nSPS) is 33.7. The maximum Gasteiger partial charge on any atom is 0.407 e. The molecular formula is C11H22N3O3S+. The number of rotatable bonds is 2. The van der Waals surface area contributed by atoms with Crippen LogP contribution in [0.1, 0.15) is 13.3 Å². The summed E-state index contributed by atoms with van der Waals surface area (Å²) in [5.74, 6) is 0. The van der Waals surface area contributed by atoms with E-state index in [1.807, 2.05) is 19.0 Å². The lowest BCUT2D eigenvalue weighted by Crippen LogP contribution is -2.54. The van der Waals surface area contributed by atoms with E-state index in [0.717, 1.165) is 0 Å². The summed E-state index contributed by atoms with van der Waals surface area (Å²) >= 11 is 1.37. The van der Waals surface area contributed by atoms with Crippen LogP contribution in [0.3, 0.4) is 0 Å². The van der Waals surface area contributed by atoms with Gasteiger partial charge in [0.2, 0.25) is 0 Å². The molecular weight excluding hydrogens is 254 g/mol. The molecule has 104 valence electrons. The third-order valence-electron chi connectivity index (χ3n) is 2.75. The molecule has 1 heterocycles. The first-order valence-electron chi connectivity index (χ1n) is 5.81. The largest absolute Gasteiger partial charge is 0.407 e. The molecule has 6 nitrogen and oxygen atoms in total. The smallest absolute Gasteiger partial charge is 0.390 e. The lowest BCUT2D eigenvalue weighted by atomic mass is 9.98. The third-order valence-corrected chi connectivity index (χ3v) is 4.02. The quantitative estimate of drug-likeness (QED) is 0.326. The molecule has 1 fully saturated rings. The SMILES string of the molecule is C=[N+]=C(SC1CC(O)C(O)C(C(C)N)O1)N(C)C. The van der Waals surface area contributed by atoms with Gasteiger partial charge in [0.15, 0.2) is 6.72 Å². The Morgan fingerprint density at radius 3 is 2.61 bits per heavy atom. The van der Waals surface area contributed by atoms with Gasteiger partial charge in [-0.15, -0.1) is 0 Å². The molecule has 0 bridgehead atoms. The molecule has 18 heavy (non-hydrogen) atoms. The van der Waals surface area contributed by atoms with Crippen molar-refractivity contribution in [1.29, 1.82) is 0 Å². The monoisotopic (exact) mass is 276 g/mol. The van der Waals surface area contributed by atoms with Gasteiger partial charge in [-0.05, 0) is 6.92 Å². The van der Waals surface area contributed by atoms with Crippen molar-refractivity contribution in [2.24, 2.45) is 5.73 Å². The van der Waals surface area contributed by atoms with E-state index in [4.69, 9.17) is 10.5 Å². The van der Waals surface area contributed by atoms with Gasteiger partial charge in [0.05, 0.1) is 20.2 Å². The van der Waals surface area contributed by atoms with Crippen LogP contribution in [0.2, 0.25) is 0 Å². The average Bonchev–Trinajstić information content (AvgIpc) is 2.29. The van der Waals surface area contributed by atoms with Gasteiger partial charge in [0, 0.05) is 24.2 Å². The number of aliphatic hydroxyl groups excluding tert-OH is 2. The highest BCUT2D eigenvalue weighted by Crippen LogP contribution is 2.29. The number of aliphatic hydroxyl groups is 2. The summed E-state index contributed by atoms with van der Waals surface area (Å²) in [5.41, 5.74) is 5.46. The Bertz CT molecular complexity index is 331. The summed E-state index contributed by atoms with van der Waals surface area (Å²) in [6.45, 7) is 5.24. The summed E-state index contributed by atoms with van der Waals surface area (Å²) in [4.78, 5) is 1.82. The van der Waals surface area contributed by atoms with E-state index in [9.17, 15) is 10.2 Å². The zero-order valence-electron chi connectivity index (χ0n) is 11.0. The van der Waals surface area contributed by atoms with Gasteiger partial charge in [-0.3, -0.25) is 0 Å². The number of ether oxygens (including phenoxy) is 1. The fourth-order valence-electron chi connectivity index (χ4n) is 1.78. The van der Waals surface area contributed by atoms with E-state index in [-0.39, 0.29) is 11.5 Å². The molecule has 1 saturated heterocycles. The molecule has 0 aromatic heterocycles. The minimum absolute atomic E-state index is 0.290. The van der Waals surface area contributed by atoms with Gasteiger partial charge >= 0.3 is 5.17 Å². The van der Waals surface area contributed by atoms with E-state index in [2.05, 4.69) is 11.4 Å². The highest BCUT2D eigenvalue weighted by atomic mass is 32.2. The molecule has 0 radical (unpaired) electrons. The van der Waals surface area contributed by atoms with Crippen LogP contribution in [-0.2, 0) is 4.74 Å². The van der Waals surface area contributed by atoms with Crippen LogP contribution in [0, 0.1) is 0 Å². The molecule has 0 amide bonds. The van der Waals surface area contributed by atoms with E-state index < -0.39 is 18.3 Å². The van der Waals surface area contributed by atoms with Crippen molar-refractivity contribution in [1.82, 2.24) is 9.57 Å². The number of thioether (sulfide) groups is 1. The van der Waals surface area contributed by atoms with E-state index >= 15 is 0 Å². The summed E-state index contributed by atoms with van der Waals surface area (Å²) in [5, 5.41) is 20.3. The van der Waals surface area contributed by atoms with E-state index in [1.54, 1.807) is 6.92 Å². The van der Waals surface area contributed by atoms with Crippen LogP contribution < -0.4 is 10.4 Å². The van der Waals surface area contributed by atoms with Gasteiger partial charge in [-0.1, -0.05) is 0 Å². The van der Waals surface area contributed by atoms with Gasteiger partial charge in [0.25, 0.3) is 0 Å². The molecule has 0 aromatic carbocycles. The van der Waals surface area contributed by atoms with Gasteiger partial charge in [-0.25, -0.2) is 9.57 Å². The van der Waals surface area contributed by atoms with Crippen molar-refractivity contribution in [3.63, 3.8) is 0 Å². The zero-order chi connectivity index (χ0) is 13.9. The molecule has 0 saturated carbocycles. The number of amidine groups is 1. The van der Waals surface area contributed by atoms with Crippen LogP contribution in [0.25, 0.3) is 0 Å². The fourth-order valence-corrected chi connectivity index (χ4v) is 2.78. The van der Waals surface area contributed by atoms with Crippen molar-refractivity contribution in [2.45, 2.75) is 43.1 Å². The predicted octanol–water partition coefficient (Wildman–Crippen LogP) is -1.41. The van der Waals surface area contributed by atoms with E-state index in [0.29, 0.717) is 11.6 Å². The Morgan fingerprint density at radius 1 is 1.56 bits per heavy atom. The standard InChI is InChI=1S/C11H22N3O3S/c1-6(12)10-9(16)7(15)5-8(17-10)18-11(13-2)14(3)4/h6-10,15-16H,2,5,12H2,1,3-4H3/q+1. The van der Waals surface area contributed by atoms with Crippen LogP contribution in [0.5, 0.6) is 0 Å². The Kier molecular flexibility index (Phi) is 5.65. The molecule has 1 aliphatic rings. The second-order valence-corrected chi connectivity index (χ2v) is 5.76. The fraction of sp³-hybridized carbons (Fsp3) is 0.818. The first-order valence-corrected chi connectivity index (χ1v) is 6.69. The summed E-state index contributed by atoms with van der Waals surface area (Å²) in [7, 11) is 3.71. The van der Waals surface area contributed by atoms with E-state index in [1.165, 1.54) is 11.8 Å². The number of hydrogen-bond donors (Lipinski definition) is 3. The van der Waals surface area contributed by atoms with Crippen molar-refractivity contribution in [3.8, 4) is 0 Å². The third kappa shape index (κ3) is 3.71. The molecule has 4 N–H and O–H groups in total. The minimum Gasteiger partial charge on any atom is -0.390 e. The van der Waals surface area contributed by atoms with Crippen molar-refractivity contribution in [3.05, 3.63) is 0 Å². The molecule has 0 aromatic rings. The van der Waals surface area contributed by atoms with Crippen LogP contribution in [-0.4, -0.2) is 70.9 Å². The molecule has 0 spiro atoms. The number of nitrogens with two attached hydrogens (primary N) is 1. The predicted molar refractivity (Wildman–Crippen MR) is 74.5 cm³/mol. The molecule has 7 heteroatoms. The van der Waals surface area contributed by atoms with Crippen LogP contribution in [0.4, 0.5) is 0 Å². The summed E-state index contributed by atoms with van der Waals surface area (Å²) in [6, 6.07) is -0.349. The highest BCUT2D eigenvalue weighted by Gasteiger charge is 2.40. The Morgan fingerprint density at radius 2 is 2.17 bits per heavy atom. The lowest BCUT2D eigenvalue weighted by Gasteiger charge is -2.38. The van der Waals surface area contributed by atoms with Gasteiger partial charge in [-0.2, -0.15) is 0 Å². The molecule has 5 atom stereocenters. The first kappa shape index (κ1) is 15.5. The van der Waals surface area contributed by atoms with Crippen LogP contribution in [0.15, 0.2) is 0 Å². The summed E-state index contributed by atoms with van der Waals surface area (Å²) < 4.78 is 9.60. The molecule has 0 aliphatic carbocycles. The maximum atomic E-state index is 9.82. The number of nitrogens with zero attached hydrogens (tertiary/aromatic N) is 2. The zero-order valence-corrected chi connectivity index (χ0v) is 11.8. The topological polar surface area (TPSA) is 93.0 Å². The minimum atomic E-state index is -0.943. The first-order chi connectivity index (χ1) is 8.36. The van der Waals surface area contributed by atoms with Crippen molar-refractivity contribution in [2.75, 3.05) is 14.1 Å². The second kappa shape index (κ2) is 6.56. The molecule has 1 aliphatic heterocycles. The van der Waals surface area contributed by atoms with Crippen molar-refractivity contribution < 1.29 is 14.9 Å². The molecule has 1 rings (SSSR count). The highest BCUT2D eigenvalue weighted by molar-refractivity contribution is 8.14. The van der Waals surface area contributed by atoms with Crippen LogP contribution >= 0.6 is 11.8 Å². The van der Waals surface area contributed by atoms with Crippen molar-refractivity contribution >= 4 is 23.6 Å². The molecule has 5 unspecified atom stereocenters. The van der Waals surface area contributed by atoms with Gasteiger partial charge < -0.3 is 20.7 Å². The Balaban J connectivity index is 2.71. The summed E-state index contributed by atoms with van der Waals surface area (Å²) in [6.07, 6.45) is -2.01. The lowest BCUT2D eigenvalue weighted by molar-refractivity contribution is -0.150. The number of hydrogen-bond acceptors (Lipinski definition) is 5. The Hall–Kier alpha value is -0.560.